The summed E-state index contributed by atoms with van der Waals surface area (Å²) in [7, 11) is 0. The molecule has 4 rings (SSSR count). The van der Waals surface area contributed by atoms with Crippen molar-refractivity contribution < 1.29 is 4.79 Å². The van der Waals surface area contributed by atoms with Crippen LogP contribution in [0.2, 0.25) is 0 Å². The number of anilines is 1. The summed E-state index contributed by atoms with van der Waals surface area (Å²) in [5.41, 5.74) is 4.72. The topological polar surface area (TPSA) is 35.6 Å². The van der Waals surface area contributed by atoms with E-state index in [4.69, 9.17) is 0 Å². The minimum absolute atomic E-state index is 0. The number of halogens is 1. The van der Waals surface area contributed by atoms with Gasteiger partial charge >= 0.3 is 0 Å². The third-order valence-corrected chi connectivity index (χ3v) is 6.29. The van der Waals surface area contributed by atoms with Crippen molar-refractivity contribution in [3.05, 3.63) is 77.4 Å². The zero-order valence-electron chi connectivity index (χ0n) is 19.1. The monoisotopic (exact) mass is 451 g/mol. The van der Waals surface area contributed by atoms with Crippen molar-refractivity contribution in [2.75, 3.05) is 44.2 Å². The van der Waals surface area contributed by atoms with Crippen LogP contribution in [0.5, 0.6) is 0 Å². The highest BCUT2D eigenvalue weighted by molar-refractivity contribution is 5.96. The third kappa shape index (κ3) is 5.25. The van der Waals surface area contributed by atoms with Crippen molar-refractivity contribution in [2.24, 2.45) is 0 Å². The molecule has 1 heterocycles. The van der Waals surface area contributed by atoms with E-state index in [0.29, 0.717) is 0 Å². The third-order valence-electron chi connectivity index (χ3n) is 6.29. The molecule has 0 aromatic heterocycles. The summed E-state index contributed by atoms with van der Waals surface area (Å²) in [6, 6.07) is 21.4. The maximum Gasteiger partial charge on any atom is 0.253 e. The fourth-order valence-corrected chi connectivity index (χ4v) is 4.56. The van der Waals surface area contributed by atoms with E-state index in [1.165, 1.54) is 27.6 Å². The molecule has 1 fully saturated rings. The summed E-state index contributed by atoms with van der Waals surface area (Å²) in [6.07, 6.45) is 2.02. The number of fused-ring (bicyclic) bond motifs is 1. The minimum Gasteiger partial charge on any atom is -0.369 e. The van der Waals surface area contributed by atoms with Crippen LogP contribution in [-0.4, -0.2) is 50.1 Å². The maximum atomic E-state index is 12.6. The average Bonchev–Trinajstić information content (AvgIpc) is 3.09. The number of hydrogen-bond acceptors (Lipinski definition) is 3. The first-order valence-corrected chi connectivity index (χ1v) is 11.6. The fourth-order valence-electron chi connectivity index (χ4n) is 4.56. The lowest BCUT2D eigenvalue weighted by molar-refractivity contribution is 0.0773. The zero-order valence-corrected chi connectivity index (χ0v) is 20.0. The molecule has 1 aliphatic heterocycles. The Bertz CT molecular complexity index is 1020. The Balaban J connectivity index is 0.00000289. The molecule has 0 bridgehead atoms. The van der Waals surface area contributed by atoms with E-state index in [-0.39, 0.29) is 18.3 Å². The van der Waals surface area contributed by atoms with Gasteiger partial charge in [-0.05, 0) is 61.9 Å². The Morgan fingerprint density at radius 1 is 0.938 bits per heavy atom. The van der Waals surface area contributed by atoms with E-state index in [9.17, 15) is 4.79 Å². The molecule has 1 N–H and O–H groups in total. The first-order valence-electron chi connectivity index (χ1n) is 11.6. The quantitative estimate of drug-likeness (QED) is 0.564. The molecule has 32 heavy (non-hydrogen) atoms. The lowest BCUT2D eigenvalue weighted by Gasteiger charge is -2.27. The molecule has 0 spiro atoms. The lowest BCUT2D eigenvalue weighted by Crippen LogP contribution is -2.30. The number of hydrogen-bond donors (Lipinski definition) is 1. The minimum atomic E-state index is 0. The highest BCUT2D eigenvalue weighted by Gasteiger charge is 2.17. The summed E-state index contributed by atoms with van der Waals surface area (Å²) >= 11 is 0. The molecule has 3 aromatic rings. The van der Waals surface area contributed by atoms with Crippen molar-refractivity contribution in [2.45, 2.75) is 26.7 Å². The number of benzene rings is 3. The summed E-state index contributed by atoms with van der Waals surface area (Å²) in [5.74, 6) is 0.111. The van der Waals surface area contributed by atoms with Crippen molar-refractivity contribution in [1.29, 1.82) is 0 Å². The van der Waals surface area contributed by atoms with Gasteiger partial charge in [-0.2, -0.15) is 0 Å². The maximum absolute atomic E-state index is 12.6. The van der Waals surface area contributed by atoms with Crippen LogP contribution in [0.4, 0.5) is 5.69 Å². The van der Waals surface area contributed by atoms with Gasteiger partial charge in [-0.25, -0.2) is 0 Å². The number of carbonyl (C=O) groups excluding carboxylic acids is 1. The smallest absolute Gasteiger partial charge is 0.253 e. The van der Waals surface area contributed by atoms with Gasteiger partial charge in [-0.1, -0.05) is 48.5 Å². The van der Waals surface area contributed by atoms with Gasteiger partial charge in [-0.3, -0.25) is 4.79 Å². The van der Waals surface area contributed by atoms with E-state index < -0.39 is 0 Å². The molecule has 0 unspecified atom stereocenters. The molecule has 0 aliphatic carbocycles. The summed E-state index contributed by atoms with van der Waals surface area (Å²) in [4.78, 5) is 17.0. The molecule has 4 nitrogen and oxygen atoms in total. The highest BCUT2D eigenvalue weighted by Crippen LogP contribution is 2.33. The fraction of sp³-hybridized carbons (Fsp3) is 0.370. The Morgan fingerprint density at radius 2 is 1.69 bits per heavy atom. The van der Waals surface area contributed by atoms with Crippen LogP contribution < -0.4 is 10.2 Å². The number of nitrogens with zero attached hydrogens (tertiary/aromatic N) is 2. The highest BCUT2D eigenvalue weighted by atomic mass is 35.5. The van der Waals surface area contributed by atoms with Crippen LogP contribution >= 0.6 is 12.4 Å². The van der Waals surface area contributed by atoms with E-state index >= 15 is 0 Å². The number of nitrogens with one attached hydrogen (secondary N) is 1. The first kappa shape index (κ1) is 24.1. The Kier molecular flexibility index (Phi) is 8.54. The lowest BCUT2D eigenvalue weighted by atomic mass is 9.96. The molecule has 1 saturated heterocycles. The van der Waals surface area contributed by atoms with E-state index in [1.54, 1.807) is 0 Å². The molecule has 0 saturated carbocycles. The Labute approximate surface area is 198 Å². The average molecular weight is 452 g/mol. The molecule has 0 atom stereocenters. The van der Waals surface area contributed by atoms with Gasteiger partial charge in [-0.15, -0.1) is 12.4 Å². The van der Waals surface area contributed by atoms with Crippen molar-refractivity contribution in [3.8, 4) is 0 Å². The van der Waals surface area contributed by atoms with Gasteiger partial charge in [0.05, 0.1) is 0 Å². The molecule has 0 radical (unpaired) electrons. The normalized spacial score (nSPS) is 14.0. The molecule has 3 aromatic carbocycles. The largest absolute Gasteiger partial charge is 0.369 e. The van der Waals surface area contributed by atoms with Crippen molar-refractivity contribution in [1.82, 2.24) is 10.2 Å². The van der Waals surface area contributed by atoms with Crippen LogP contribution in [0.25, 0.3) is 10.8 Å². The molecular weight excluding hydrogens is 418 g/mol. The summed E-state index contributed by atoms with van der Waals surface area (Å²) < 4.78 is 0. The van der Waals surface area contributed by atoms with Gasteiger partial charge in [0.25, 0.3) is 5.91 Å². The molecule has 1 amide bonds. The van der Waals surface area contributed by atoms with Crippen molar-refractivity contribution in [3.63, 3.8) is 0 Å². The van der Waals surface area contributed by atoms with Gasteiger partial charge in [0.2, 0.25) is 0 Å². The van der Waals surface area contributed by atoms with E-state index in [0.717, 1.165) is 57.7 Å². The Hall–Kier alpha value is -2.56. The van der Waals surface area contributed by atoms with Gasteiger partial charge in [0, 0.05) is 49.4 Å². The number of carbonyl (C=O) groups is 1. The molecular formula is C27H34ClN3O. The standard InChI is InChI=1S/C27H33N3O.ClH/c1-3-29(4-2)27(31)23-12-10-21(11-13-23)20-24-15-14-22-8-5-6-9-25(22)26(24)30-18-7-16-28-17-19-30;/h5-6,8-15,28H,3-4,7,16-20H2,1-2H3;1H. The van der Waals surface area contributed by atoms with Crippen molar-refractivity contribution >= 4 is 34.8 Å². The molecule has 170 valence electrons. The second-order valence-electron chi connectivity index (χ2n) is 8.24. The van der Waals surface area contributed by atoms with Gasteiger partial charge in [0.1, 0.15) is 0 Å². The molecule has 1 aliphatic rings. The van der Waals surface area contributed by atoms with E-state index in [1.807, 2.05) is 30.9 Å². The second kappa shape index (κ2) is 11.3. The van der Waals surface area contributed by atoms with Crippen LogP contribution in [0.15, 0.2) is 60.7 Å². The van der Waals surface area contributed by atoms with E-state index in [2.05, 4.69) is 58.7 Å². The predicted molar refractivity (Wildman–Crippen MR) is 137 cm³/mol. The van der Waals surface area contributed by atoms with Crippen LogP contribution in [0, 0.1) is 0 Å². The predicted octanol–water partition coefficient (Wildman–Crippen LogP) is 5.13. The summed E-state index contributed by atoms with van der Waals surface area (Å²) in [6.45, 7) is 9.72. The van der Waals surface area contributed by atoms with Gasteiger partial charge in [0.15, 0.2) is 0 Å². The van der Waals surface area contributed by atoms with Crippen LogP contribution in [-0.2, 0) is 6.42 Å². The zero-order chi connectivity index (χ0) is 21.6. The number of rotatable bonds is 6. The first-order chi connectivity index (χ1) is 15.2. The van der Waals surface area contributed by atoms with Crippen LogP contribution in [0.1, 0.15) is 41.8 Å². The van der Waals surface area contributed by atoms with Crippen LogP contribution in [0.3, 0.4) is 0 Å². The second-order valence-corrected chi connectivity index (χ2v) is 8.24. The Morgan fingerprint density at radius 3 is 2.44 bits per heavy atom. The summed E-state index contributed by atoms with van der Waals surface area (Å²) in [5, 5.41) is 6.14. The molecule has 5 heteroatoms. The van der Waals surface area contributed by atoms with Gasteiger partial charge < -0.3 is 15.1 Å². The SMILES string of the molecule is CCN(CC)C(=O)c1ccc(Cc2ccc3ccccc3c2N2CCCNCC2)cc1.Cl. The number of amides is 1.